The van der Waals surface area contributed by atoms with Crippen LogP contribution in [0.2, 0.25) is 0 Å². The Labute approximate surface area is 135 Å². The van der Waals surface area contributed by atoms with E-state index < -0.39 is 6.10 Å². The van der Waals surface area contributed by atoms with Gasteiger partial charge in [0, 0.05) is 13.1 Å². The van der Waals surface area contributed by atoms with Crippen LogP contribution in [0.5, 0.6) is 5.75 Å². The minimum Gasteiger partial charge on any atom is -0.476 e. The van der Waals surface area contributed by atoms with Gasteiger partial charge in [0.15, 0.2) is 17.7 Å². The summed E-state index contributed by atoms with van der Waals surface area (Å²) in [5, 5.41) is 0. The van der Waals surface area contributed by atoms with Gasteiger partial charge < -0.3 is 15.4 Å². The zero-order valence-corrected chi connectivity index (χ0v) is 13.5. The maximum absolute atomic E-state index is 12.7. The number of pyridine rings is 1. The molecular formula is C16H22N4O3. The summed E-state index contributed by atoms with van der Waals surface area (Å²) in [7, 11) is 0. The van der Waals surface area contributed by atoms with Crippen molar-refractivity contribution in [2.75, 3.05) is 30.3 Å². The molecule has 1 atom stereocenters. The Kier molecular flexibility index (Phi) is 4.11. The first-order valence-corrected chi connectivity index (χ1v) is 7.99. The second-order valence-corrected chi connectivity index (χ2v) is 6.35. The summed E-state index contributed by atoms with van der Waals surface area (Å²) in [6.07, 6.45) is 1.41. The molecule has 7 nitrogen and oxygen atoms in total. The highest BCUT2D eigenvalue weighted by molar-refractivity contribution is 6.03. The molecule has 2 N–H and O–H groups in total. The summed E-state index contributed by atoms with van der Waals surface area (Å²) in [5.74, 6) is 0.819. The van der Waals surface area contributed by atoms with Crippen LogP contribution < -0.4 is 15.4 Å². The third-order valence-corrected chi connectivity index (χ3v) is 4.24. The molecule has 0 radical (unpaired) electrons. The number of nitrogens with two attached hydrogens (primary N) is 1. The molecule has 1 unspecified atom stereocenters. The number of likely N-dealkylation sites (tertiary alicyclic amines) is 1. The highest BCUT2D eigenvalue weighted by Crippen LogP contribution is 2.34. The van der Waals surface area contributed by atoms with Crippen molar-refractivity contribution in [2.45, 2.75) is 32.8 Å². The van der Waals surface area contributed by atoms with Gasteiger partial charge in [0.05, 0.1) is 0 Å². The standard InChI is InChI=1S/C16H22N4O3/c1-10(2)14-16(22)20(9-13(21)19-7-3-4-8-19)15-11(23-14)5-6-12(17)18-15/h5-6,10,14H,3-4,7-9H2,1-2H3,(H2,17,18). The van der Waals surface area contributed by atoms with Crippen molar-refractivity contribution in [3.05, 3.63) is 12.1 Å². The molecule has 1 saturated heterocycles. The predicted octanol–water partition coefficient (Wildman–Crippen LogP) is 1.04. The molecule has 1 aromatic heterocycles. The molecule has 3 rings (SSSR count). The van der Waals surface area contributed by atoms with E-state index in [4.69, 9.17) is 10.5 Å². The highest BCUT2D eigenvalue weighted by atomic mass is 16.5. The predicted molar refractivity (Wildman–Crippen MR) is 86.1 cm³/mol. The van der Waals surface area contributed by atoms with Crippen LogP contribution in [0.1, 0.15) is 26.7 Å². The van der Waals surface area contributed by atoms with Gasteiger partial charge in [0.25, 0.3) is 5.91 Å². The maximum atomic E-state index is 12.7. The molecule has 124 valence electrons. The first kappa shape index (κ1) is 15.6. The second-order valence-electron chi connectivity index (χ2n) is 6.35. The van der Waals surface area contributed by atoms with Crippen molar-refractivity contribution in [2.24, 2.45) is 5.92 Å². The van der Waals surface area contributed by atoms with Gasteiger partial charge in [-0.2, -0.15) is 0 Å². The van der Waals surface area contributed by atoms with Crippen molar-refractivity contribution in [1.29, 1.82) is 0 Å². The SMILES string of the molecule is CC(C)C1Oc2ccc(N)nc2N(CC(=O)N2CCCC2)C1=O. The van der Waals surface area contributed by atoms with Crippen molar-refractivity contribution in [3.8, 4) is 5.75 Å². The Balaban J connectivity index is 1.90. The Hall–Kier alpha value is -2.31. The number of aromatic nitrogens is 1. The van der Waals surface area contributed by atoms with Gasteiger partial charge in [0.2, 0.25) is 5.91 Å². The number of amides is 2. The monoisotopic (exact) mass is 318 g/mol. The van der Waals surface area contributed by atoms with Gasteiger partial charge in [-0.05, 0) is 30.9 Å². The number of carbonyl (C=O) groups excluding carboxylic acids is 2. The summed E-state index contributed by atoms with van der Waals surface area (Å²) in [6.45, 7) is 5.32. The summed E-state index contributed by atoms with van der Waals surface area (Å²) >= 11 is 0. The van der Waals surface area contributed by atoms with E-state index in [1.807, 2.05) is 13.8 Å². The summed E-state index contributed by atoms with van der Waals surface area (Å²) in [5.41, 5.74) is 5.74. The molecule has 0 aliphatic carbocycles. The number of hydrogen-bond acceptors (Lipinski definition) is 5. The zero-order valence-electron chi connectivity index (χ0n) is 13.5. The second kappa shape index (κ2) is 6.06. The van der Waals surface area contributed by atoms with E-state index in [-0.39, 0.29) is 24.3 Å². The Morgan fingerprint density at radius 3 is 2.74 bits per heavy atom. The molecular weight excluding hydrogens is 296 g/mol. The average Bonchev–Trinajstić information content (AvgIpc) is 3.04. The molecule has 0 spiro atoms. The van der Waals surface area contributed by atoms with Crippen LogP contribution in [0.4, 0.5) is 11.6 Å². The molecule has 0 aromatic carbocycles. The lowest BCUT2D eigenvalue weighted by molar-refractivity contribution is -0.133. The lowest BCUT2D eigenvalue weighted by Crippen LogP contribution is -2.52. The largest absolute Gasteiger partial charge is 0.476 e. The number of nitrogens with zero attached hydrogens (tertiary/aromatic N) is 3. The number of fused-ring (bicyclic) bond motifs is 1. The Bertz CT molecular complexity index is 626. The fourth-order valence-corrected chi connectivity index (χ4v) is 2.96. The Morgan fingerprint density at radius 1 is 1.39 bits per heavy atom. The summed E-state index contributed by atoms with van der Waals surface area (Å²) in [4.78, 5) is 32.6. The van der Waals surface area contributed by atoms with Crippen LogP contribution in [0.25, 0.3) is 0 Å². The normalized spacial score (nSPS) is 20.7. The van der Waals surface area contributed by atoms with E-state index in [1.54, 1.807) is 17.0 Å². The Morgan fingerprint density at radius 2 is 2.09 bits per heavy atom. The average molecular weight is 318 g/mol. The summed E-state index contributed by atoms with van der Waals surface area (Å²) < 4.78 is 5.76. The highest BCUT2D eigenvalue weighted by Gasteiger charge is 2.39. The first-order valence-electron chi connectivity index (χ1n) is 7.99. The van der Waals surface area contributed by atoms with Gasteiger partial charge in [-0.15, -0.1) is 0 Å². The molecule has 2 amide bonds. The van der Waals surface area contributed by atoms with Crippen molar-refractivity contribution in [1.82, 2.24) is 9.88 Å². The quantitative estimate of drug-likeness (QED) is 0.899. The van der Waals surface area contributed by atoms with Gasteiger partial charge in [0.1, 0.15) is 12.4 Å². The molecule has 23 heavy (non-hydrogen) atoms. The van der Waals surface area contributed by atoms with Crippen LogP contribution in [-0.4, -0.2) is 47.4 Å². The molecule has 2 aliphatic heterocycles. The van der Waals surface area contributed by atoms with Crippen LogP contribution in [0.3, 0.4) is 0 Å². The first-order chi connectivity index (χ1) is 11.0. The maximum Gasteiger partial charge on any atom is 0.270 e. The third kappa shape index (κ3) is 2.95. The minimum absolute atomic E-state index is 0.00223. The number of nitrogen functional groups attached to an aromatic ring is 1. The molecule has 0 bridgehead atoms. The molecule has 1 fully saturated rings. The van der Waals surface area contributed by atoms with Crippen LogP contribution >= 0.6 is 0 Å². The van der Waals surface area contributed by atoms with Crippen LogP contribution in [0.15, 0.2) is 12.1 Å². The number of rotatable bonds is 3. The number of anilines is 2. The van der Waals surface area contributed by atoms with E-state index in [0.29, 0.717) is 17.4 Å². The minimum atomic E-state index is -0.612. The van der Waals surface area contributed by atoms with Crippen LogP contribution in [-0.2, 0) is 9.59 Å². The van der Waals surface area contributed by atoms with Gasteiger partial charge in [-0.1, -0.05) is 13.8 Å². The van der Waals surface area contributed by atoms with Gasteiger partial charge >= 0.3 is 0 Å². The summed E-state index contributed by atoms with van der Waals surface area (Å²) in [6, 6.07) is 3.33. The van der Waals surface area contributed by atoms with Crippen molar-refractivity contribution in [3.63, 3.8) is 0 Å². The topological polar surface area (TPSA) is 88.8 Å². The lowest BCUT2D eigenvalue weighted by atomic mass is 10.0. The lowest BCUT2D eigenvalue weighted by Gasteiger charge is -2.35. The van der Waals surface area contributed by atoms with Gasteiger partial charge in [-0.3, -0.25) is 14.5 Å². The molecule has 3 heterocycles. The molecule has 0 saturated carbocycles. The molecule has 7 heteroatoms. The number of hydrogen-bond donors (Lipinski definition) is 1. The van der Waals surface area contributed by atoms with Crippen molar-refractivity contribution >= 4 is 23.5 Å². The van der Waals surface area contributed by atoms with Crippen LogP contribution in [0, 0.1) is 5.92 Å². The van der Waals surface area contributed by atoms with Crippen molar-refractivity contribution < 1.29 is 14.3 Å². The fourth-order valence-electron chi connectivity index (χ4n) is 2.96. The van der Waals surface area contributed by atoms with E-state index in [2.05, 4.69) is 4.98 Å². The van der Waals surface area contributed by atoms with E-state index in [9.17, 15) is 9.59 Å². The zero-order chi connectivity index (χ0) is 16.6. The smallest absolute Gasteiger partial charge is 0.270 e. The van der Waals surface area contributed by atoms with E-state index >= 15 is 0 Å². The third-order valence-electron chi connectivity index (χ3n) is 4.24. The molecule has 2 aliphatic rings. The fraction of sp³-hybridized carbons (Fsp3) is 0.562. The molecule has 1 aromatic rings. The van der Waals surface area contributed by atoms with E-state index in [1.165, 1.54) is 4.90 Å². The van der Waals surface area contributed by atoms with Gasteiger partial charge in [-0.25, -0.2) is 4.98 Å². The van der Waals surface area contributed by atoms with E-state index in [0.717, 1.165) is 25.9 Å². The number of carbonyl (C=O) groups is 2. The number of ether oxygens (including phenoxy) is 1.